The van der Waals surface area contributed by atoms with Gasteiger partial charge in [-0.05, 0) is 19.9 Å². The highest BCUT2D eigenvalue weighted by molar-refractivity contribution is 7.47. The summed E-state index contributed by atoms with van der Waals surface area (Å²) in [7, 11) is -10.0. The number of rotatable bonds is 4. The van der Waals surface area contributed by atoms with Gasteiger partial charge < -0.3 is 44.4 Å². The molecule has 0 spiro atoms. The molecule has 0 radical (unpaired) electrons. The van der Waals surface area contributed by atoms with Crippen molar-refractivity contribution in [2.24, 2.45) is 0 Å². The van der Waals surface area contributed by atoms with Gasteiger partial charge in [0.25, 0.3) is 5.56 Å². The van der Waals surface area contributed by atoms with Crippen LogP contribution in [-0.2, 0) is 41.4 Å². The van der Waals surface area contributed by atoms with Gasteiger partial charge in [0.15, 0.2) is 23.6 Å². The lowest BCUT2D eigenvalue weighted by Gasteiger charge is -2.26. The quantitative estimate of drug-likeness (QED) is 0.176. The van der Waals surface area contributed by atoms with E-state index in [9.17, 15) is 28.8 Å². The van der Waals surface area contributed by atoms with E-state index in [2.05, 4.69) is 24.9 Å². The van der Waals surface area contributed by atoms with E-state index < -0.39 is 83.5 Å². The number of phosphoric ester groups is 2. The first-order chi connectivity index (χ1) is 22.4. The Bertz CT molecular complexity index is 1970. The molecule has 6 N–H and O–H groups in total. The largest absolute Gasteiger partial charge is 0.472 e. The van der Waals surface area contributed by atoms with Crippen LogP contribution in [0, 0.1) is 6.92 Å². The van der Waals surface area contributed by atoms with Crippen LogP contribution in [-0.4, -0.2) is 105 Å². The fourth-order valence-corrected chi connectivity index (χ4v) is 7.80. The Morgan fingerprint density at radius 3 is 2.47 bits per heavy atom. The average molecular weight is 700 g/mol. The van der Waals surface area contributed by atoms with E-state index in [1.54, 1.807) is 19.9 Å². The highest BCUT2D eigenvalue weighted by atomic mass is 31.2. The Hall–Kier alpha value is -3.17. The van der Waals surface area contributed by atoms with Gasteiger partial charge in [-0.2, -0.15) is 0 Å². The molecule has 10 atom stereocenters. The lowest BCUT2D eigenvalue weighted by molar-refractivity contribution is -0.0677. The molecular formula is C24H30N8O13P2. The van der Waals surface area contributed by atoms with E-state index in [0.717, 1.165) is 0 Å². The van der Waals surface area contributed by atoms with Gasteiger partial charge in [0.1, 0.15) is 60.2 Å². The number of H-pyrrole nitrogens is 1. The minimum atomic E-state index is -5.02. The van der Waals surface area contributed by atoms with Gasteiger partial charge in [0.2, 0.25) is 0 Å². The van der Waals surface area contributed by atoms with Crippen LogP contribution in [0.2, 0.25) is 0 Å². The second kappa shape index (κ2) is 12.1. The van der Waals surface area contributed by atoms with E-state index in [1.807, 2.05) is 0 Å². The van der Waals surface area contributed by atoms with E-state index in [0.29, 0.717) is 5.39 Å². The zero-order valence-corrected chi connectivity index (χ0v) is 26.4. The molecular weight excluding hydrogens is 670 g/mol. The molecule has 4 unspecified atom stereocenters. The number of nitrogens with zero attached hydrogens (tertiary/aromatic N) is 6. The molecule has 3 saturated heterocycles. The van der Waals surface area contributed by atoms with Crippen molar-refractivity contribution >= 4 is 43.7 Å². The molecule has 0 aromatic carbocycles. The van der Waals surface area contributed by atoms with Gasteiger partial charge >= 0.3 is 15.6 Å². The molecule has 254 valence electrons. The lowest BCUT2D eigenvalue weighted by Crippen LogP contribution is -2.38. The SMILES string of the molecule is CCO[C@@H]1C2OP(=O)(O)OC[C@H]3O[C@@H](n4ccc5c(N)ncnc54)C(O)[C@H]3OP(=O)(O)OC[C@H]1O[C@H]2n1cnc2c(=O)[nH]c(C)nc21. The number of fused-ring (bicyclic) bond motifs is 5. The summed E-state index contributed by atoms with van der Waals surface area (Å²) in [6.07, 6.45) is -7.06. The second-order valence-electron chi connectivity index (χ2n) is 10.9. The predicted octanol–water partition coefficient (Wildman–Crippen LogP) is 0.0339. The third kappa shape index (κ3) is 5.92. The highest BCUT2D eigenvalue weighted by Gasteiger charge is 2.54. The minimum Gasteiger partial charge on any atom is -0.386 e. The molecule has 2 bridgehead atoms. The van der Waals surface area contributed by atoms with Crippen LogP contribution >= 0.6 is 15.6 Å². The summed E-state index contributed by atoms with van der Waals surface area (Å²) in [5.41, 5.74) is 5.69. The van der Waals surface area contributed by atoms with Crippen molar-refractivity contribution in [3.8, 4) is 0 Å². The molecule has 21 nitrogen and oxygen atoms in total. The first-order valence-electron chi connectivity index (χ1n) is 14.3. The zero-order chi connectivity index (χ0) is 33.2. The summed E-state index contributed by atoms with van der Waals surface area (Å²) < 4.78 is 69.0. The number of aliphatic hydroxyl groups is 1. The van der Waals surface area contributed by atoms with E-state index in [-0.39, 0.29) is 35.1 Å². The molecule has 0 amide bonds. The Morgan fingerprint density at radius 1 is 1.02 bits per heavy atom. The summed E-state index contributed by atoms with van der Waals surface area (Å²) in [6, 6.07) is 1.58. The van der Waals surface area contributed by atoms with Crippen LogP contribution in [0.1, 0.15) is 25.2 Å². The Kier molecular flexibility index (Phi) is 8.31. The van der Waals surface area contributed by atoms with E-state index in [1.165, 1.54) is 28.0 Å². The van der Waals surface area contributed by atoms with Crippen LogP contribution in [0.4, 0.5) is 5.82 Å². The number of aromatic amines is 1. The number of aromatic nitrogens is 7. The van der Waals surface area contributed by atoms with Crippen molar-refractivity contribution in [1.82, 2.24) is 34.1 Å². The van der Waals surface area contributed by atoms with Crippen molar-refractivity contribution < 1.29 is 56.3 Å². The van der Waals surface area contributed by atoms with Crippen molar-refractivity contribution in [3.63, 3.8) is 0 Å². The van der Waals surface area contributed by atoms with Crippen LogP contribution < -0.4 is 11.3 Å². The van der Waals surface area contributed by atoms with Crippen molar-refractivity contribution in [2.75, 3.05) is 25.6 Å². The standard InChI is InChI=1S/C24H30N8O13P2/c1-3-39-17-13-7-41-46(35,36)44-16-12(42-23(15(16)33)31-5-4-11-19(25)26-8-27-20(11)31)6-40-47(37,38)45-18(17)24(43-13)32-9-28-14-21(32)29-10(2)30-22(14)34/h4-5,8-9,12-13,15-18,23-24,33H,3,6-7H2,1-2H3,(H,35,36)(H,37,38)(H2,25,26,27)(H,29,30,34)/t12-,13-,15?,16+,17+,18?,23-,24-/m1/s1. The second-order valence-corrected chi connectivity index (χ2v) is 13.7. The normalized spacial score (nSPS) is 36.6. The molecule has 47 heavy (non-hydrogen) atoms. The summed E-state index contributed by atoms with van der Waals surface area (Å²) >= 11 is 0. The van der Waals surface area contributed by atoms with Gasteiger partial charge in [-0.15, -0.1) is 0 Å². The number of hydrogen-bond donors (Lipinski definition) is 5. The number of phosphoric acid groups is 2. The number of hydrogen-bond acceptors (Lipinski definition) is 16. The maximum Gasteiger partial charge on any atom is 0.472 e. The number of aliphatic hydroxyl groups excluding tert-OH is 1. The number of anilines is 1. The first-order valence-corrected chi connectivity index (χ1v) is 17.3. The fourth-order valence-electron chi connectivity index (χ4n) is 5.91. The molecule has 0 aliphatic carbocycles. The third-order valence-corrected chi connectivity index (χ3v) is 9.88. The highest BCUT2D eigenvalue weighted by Crippen LogP contribution is 2.54. The van der Waals surface area contributed by atoms with Gasteiger partial charge in [-0.3, -0.25) is 27.5 Å². The van der Waals surface area contributed by atoms with Gasteiger partial charge in [0, 0.05) is 12.8 Å². The van der Waals surface area contributed by atoms with Gasteiger partial charge in [0.05, 0.1) is 24.9 Å². The fraction of sp³-hybridized carbons (Fsp3) is 0.542. The number of imidazole rings is 1. The Labute approximate surface area is 263 Å². The number of ether oxygens (including phenoxy) is 3. The summed E-state index contributed by atoms with van der Waals surface area (Å²) in [6.45, 7) is 1.87. The molecule has 7 rings (SSSR count). The Morgan fingerprint density at radius 2 is 1.72 bits per heavy atom. The third-order valence-electron chi connectivity index (χ3n) is 7.91. The summed E-state index contributed by atoms with van der Waals surface area (Å²) in [4.78, 5) is 53.3. The van der Waals surface area contributed by atoms with Crippen LogP contribution in [0.3, 0.4) is 0 Å². The van der Waals surface area contributed by atoms with Crippen LogP contribution in [0.25, 0.3) is 22.2 Å². The maximum atomic E-state index is 13.5. The molecule has 23 heteroatoms. The maximum absolute atomic E-state index is 13.5. The molecule has 4 aromatic rings. The van der Waals surface area contributed by atoms with Gasteiger partial charge in [-0.25, -0.2) is 29.1 Å². The molecule has 7 heterocycles. The first kappa shape index (κ1) is 32.4. The number of nitrogen functional groups attached to an aromatic ring is 1. The molecule has 0 saturated carbocycles. The minimum absolute atomic E-state index is 0.0427. The van der Waals surface area contributed by atoms with E-state index >= 15 is 0 Å². The predicted molar refractivity (Wildman–Crippen MR) is 155 cm³/mol. The summed E-state index contributed by atoms with van der Waals surface area (Å²) in [5.74, 6) is 0.421. The lowest BCUT2D eigenvalue weighted by atomic mass is 10.1. The molecule has 3 fully saturated rings. The number of nitrogens with two attached hydrogens (primary N) is 1. The van der Waals surface area contributed by atoms with Crippen molar-refractivity contribution in [1.29, 1.82) is 0 Å². The number of aryl methyl sites for hydroxylation is 1. The van der Waals surface area contributed by atoms with Crippen molar-refractivity contribution in [3.05, 3.63) is 41.1 Å². The van der Waals surface area contributed by atoms with Crippen molar-refractivity contribution in [2.45, 2.75) is 62.9 Å². The van der Waals surface area contributed by atoms with E-state index in [4.69, 9.17) is 38.0 Å². The Balaban J connectivity index is 1.23. The number of nitrogens with one attached hydrogen (secondary N) is 1. The summed E-state index contributed by atoms with van der Waals surface area (Å²) in [5, 5.41) is 11.7. The molecule has 4 aromatic heterocycles. The molecule has 3 aliphatic heterocycles. The van der Waals surface area contributed by atoms with Crippen LogP contribution in [0.15, 0.2) is 29.7 Å². The zero-order valence-electron chi connectivity index (χ0n) is 24.6. The topological polar surface area (TPSA) is 280 Å². The average Bonchev–Trinajstić information content (AvgIpc) is 3.76. The molecule has 3 aliphatic rings. The monoisotopic (exact) mass is 700 g/mol. The van der Waals surface area contributed by atoms with Crippen LogP contribution in [0.5, 0.6) is 0 Å². The smallest absolute Gasteiger partial charge is 0.386 e. The van der Waals surface area contributed by atoms with Gasteiger partial charge in [-0.1, -0.05) is 0 Å².